The summed E-state index contributed by atoms with van der Waals surface area (Å²) in [7, 11) is 0. The lowest BCUT2D eigenvalue weighted by molar-refractivity contribution is -0.139. The van der Waals surface area contributed by atoms with E-state index < -0.39 is 23.2 Å². The van der Waals surface area contributed by atoms with Gasteiger partial charge in [0, 0.05) is 50.0 Å². The molecule has 2 saturated heterocycles. The second-order valence-corrected chi connectivity index (χ2v) is 8.24. The summed E-state index contributed by atoms with van der Waals surface area (Å²) in [5.41, 5.74) is 0. The molecule has 0 bridgehead atoms. The van der Waals surface area contributed by atoms with Crippen molar-refractivity contribution in [2.75, 3.05) is 26.2 Å². The molecular weight excluding hydrogens is 393 g/mol. The number of nitrogens with zero attached hydrogens (tertiary/aromatic N) is 2. The summed E-state index contributed by atoms with van der Waals surface area (Å²) >= 11 is 0. The number of benzene rings is 1. The Balaban J connectivity index is 0.00000124. The van der Waals surface area contributed by atoms with Crippen molar-refractivity contribution in [3.63, 3.8) is 0 Å². The largest absolute Gasteiger partial charge is 0.484 e. The number of piperidine rings is 2. The average molecular weight is 427 g/mol. The van der Waals surface area contributed by atoms with Crippen LogP contribution in [0, 0.1) is 23.4 Å². The molecular formula is C23H33F3N2O2. The molecule has 0 atom stereocenters. The minimum atomic E-state index is -1.03. The van der Waals surface area contributed by atoms with Crippen molar-refractivity contribution in [2.45, 2.75) is 70.9 Å². The molecule has 3 aliphatic rings. The van der Waals surface area contributed by atoms with Gasteiger partial charge in [-0.15, -0.1) is 0 Å². The van der Waals surface area contributed by atoms with Crippen LogP contribution in [0.1, 0.15) is 58.8 Å². The Morgan fingerprint density at radius 3 is 1.97 bits per heavy atom. The zero-order valence-electron chi connectivity index (χ0n) is 18.0. The smallest absolute Gasteiger partial charge is 0.225 e. The monoisotopic (exact) mass is 426 g/mol. The Labute approximate surface area is 177 Å². The first-order valence-corrected chi connectivity index (χ1v) is 11.4. The highest BCUT2D eigenvalue weighted by molar-refractivity contribution is 5.79. The molecule has 4 rings (SSSR count). The zero-order chi connectivity index (χ0) is 21.7. The van der Waals surface area contributed by atoms with Gasteiger partial charge in [-0.05, 0) is 38.8 Å². The van der Waals surface area contributed by atoms with Crippen molar-refractivity contribution in [1.29, 1.82) is 0 Å². The third-order valence-electron chi connectivity index (χ3n) is 6.47. The van der Waals surface area contributed by atoms with E-state index in [2.05, 4.69) is 4.90 Å². The molecule has 4 nitrogen and oxygen atoms in total. The number of carbonyl (C=O) groups excluding carboxylic acids is 1. The van der Waals surface area contributed by atoms with Crippen LogP contribution in [0.2, 0.25) is 0 Å². The second kappa shape index (κ2) is 10.5. The summed E-state index contributed by atoms with van der Waals surface area (Å²) in [4.78, 5) is 17.2. The molecule has 0 spiro atoms. The van der Waals surface area contributed by atoms with E-state index in [9.17, 15) is 18.0 Å². The fourth-order valence-electron chi connectivity index (χ4n) is 4.52. The maximum Gasteiger partial charge on any atom is 0.225 e. The van der Waals surface area contributed by atoms with Crippen molar-refractivity contribution in [3.8, 4) is 5.75 Å². The first-order valence-electron chi connectivity index (χ1n) is 11.4. The van der Waals surface area contributed by atoms with Gasteiger partial charge >= 0.3 is 0 Å². The minimum Gasteiger partial charge on any atom is -0.484 e. The van der Waals surface area contributed by atoms with Crippen LogP contribution in [0.4, 0.5) is 13.2 Å². The number of amides is 1. The summed E-state index contributed by atoms with van der Waals surface area (Å²) < 4.78 is 46.0. The first kappa shape index (κ1) is 22.9. The highest BCUT2D eigenvalue weighted by atomic mass is 19.1. The molecule has 1 aromatic carbocycles. The zero-order valence-corrected chi connectivity index (χ0v) is 18.0. The van der Waals surface area contributed by atoms with E-state index in [-0.39, 0.29) is 17.9 Å². The Kier molecular flexibility index (Phi) is 8.03. The summed E-state index contributed by atoms with van der Waals surface area (Å²) in [5.74, 6) is -3.28. The Hall–Kier alpha value is -1.76. The first-order chi connectivity index (χ1) is 14.5. The van der Waals surface area contributed by atoms with Gasteiger partial charge in [0.1, 0.15) is 11.9 Å². The molecule has 2 aliphatic heterocycles. The van der Waals surface area contributed by atoms with Crippen LogP contribution < -0.4 is 4.74 Å². The summed E-state index contributed by atoms with van der Waals surface area (Å²) in [5, 5.41) is 0. The third kappa shape index (κ3) is 5.29. The van der Waals surface area contributed by atoms with Crippen molar-refractivity contribution in [1.82, 2.24) is 9.80 Å². The number of hydrogen-bond acceptors (Lipinski definition) is 3. The van der Waals surface area contributed by atoms with Gasteiger partial charge < -0.3 is 14.5 Å². The summed E-state index contributed by atoms with van der Waals surface area (Å²) in [6, 6.07) is 1.97. The normalized spacial score (nSPS) is 21.6. The molecule has 1 aromatic rings. The molecule has 1 amide bonds. The molecule has 0 unspecified atom stereocenters. The van der Waals surface area contributed by atoms with Gasteiger partial charge in [0.05, 0.1) is 0 Å². The lowest BCUT2D eigenvalue weighted by atomic mass is 9.87. The third-order valence-corrected chi connectivity index (χ3v) is 6.47. The molecule has 0 N–H and O–H groups in total. The van der Waals surface area contributed by atoms with Crippen molar-refractivity contribution >= 4 is 5.91 Å². The van der Waals surface area contributed by atoms with E-state index >= 15 is 0 Å². The summed E-state index contributed by atoms with van der Waals surface area (Å²) in [6.45, 7) is 7.06. The Morgan fingerprint density at radius 1 is 0.900 bits per heavy atom. The quantitative estimate of drug-likeness (QED) is 0.696. The highest BCUT2D eigenvalue weighted by Crippen LogP contribution is 2.31. The molecule has 168 valence electrons. The summed E-state index contributed by atoms with van der Waals surface area (Å²) in [6.07, 6.45) is 6.40. The SMILES string of the molecule is CC.O=C(C1CCN(C2CCC2)CC1)N1CCC(Oc2c(F)cc(F)cc2F)CC1. The standard InChI is InChI=1S/C21H27F3N2O2.C2H6/c22-15-12-18(23)20(19(24)13-15)28-17-6-10-26(11-7-17)21(27)14-4-8-25(9-5-14)16-2-1-3-16;1-2/h12-14,16-17H,1-11H2;1-2H3. The Bertz CT molecular complexity index is 687. The predicted molar refractivity (Wildman–Crippen MR) is 110 cm³/mol. The lowest BCUT2D eigenvalue weighted by Gasteiger charge is -2.42. The topological polar surface area (TPSA) is 32.8 Å². The van der Waals surface area contributed by atoms with Gasteiger partial charge in [0.25, 0.3) is 0 Å². The van der Waals surface area contributed by atoms with E-state index in [4.69, 9.17) is 4.74 Å². The number of rotatable bonds is 4. The van der Waals surface area contributed by atoms with Crippen molar-refractivity contribution in [3.05, 3.63) is 29.6 Å². The van der Waals surface area contributed by atoms with Gasteiger partial charge in [-0.2, -0.15) is 0 Å². The van der Waals surface area contributed by atoms with E-state index in [1.807, 2.05) is 18.7 Å². The van der Waals surface area contributed by atoms with E-state index in [0.717, 1.165) is 32.0 Å². The minimum absolute atomic E-state index is 0.0841. The van der Waals surface area contributed by atoms with Crippen LogP contribution in [-0.4, -0.2) is 54.0 Å². The molecule has 7 heteroatoms. The Morgan fingerprint density at radius 2 is 1.47 bits per heavy atom. The number of carbonyl (C=O) groups is 1. The molecule has 2 heterocycles. The highest BCUT2D eigenvalue weighted by Gasteiger charge is 2.34. The molecule has 3 fully saturated rings. The maximum absolute atomic E-state index is 13.8. The number of halogens is 3. The van der Waals surface area contributed by atoms with Gasteiger partial charge in [0.2, 0.25) is 5.91 Å². The number of hydrogen-bond donors (Lipinski definition) is 0. The van der Waals surface area contributed by atoms with Gasteiger partial charge in [0.15, 0.2) is 17.4 Å². The molecule has 1 saturated carbocycles. The molecule has 1 aliphatic carbocycles. The molecule has 30 heavy (non-hydrogen) atoms. The number of ether oxygens (including phenoxy) is 1. The van der Waals surface area contributed by atoms with Crippen LogP contribution in [0.25, 0.3) is 0 Å². The van der Waals surface area contributed by atoms with E-state index in [1.165, 1.54) is 19.3 Å². The second-order valence-electron chi connectivity index (χ2n) is 8.24. The maximum atomic E-state index is 13.8. The van der Waals surface area contributed by atoms with Crippen LogP contribution in [0.15, 0.2) is 12.1 Å². The van der Waals surface area contributed by atoms with E-state index in [1.54, 1.807) is 0 Å². The van der Waals surface area contributed by atoms with Crippen LogP contribution in [0.5, 0.6) is 5.75 Å². The number of likely N-dealkylation sites (tertiary alicyclic amines) is 2. The predicted octanol–water partition coefficient (Wildman–Crippen LogP) is 4.76. The lowest BCUT2D eigenvalue weighted by Crippen LogP contribution is -2.49. The van der Waals surface area contributed by atoms with E-state index in [0.29, 0.717) is 38.1 Å². The van der Waals surface area contributed by atoms with Gasteiger partial charge in [-0.3, -0.25) is 4.79 Å². The van der Waals surface area contributed by atoms with Crippen LogP contribution >= 0.6 is 0 Å². The fraction of sp³-hybridized carbons (Fsp3) is 0.696. The van der Waals surface area contributed by atoms with Gasteiger partial charge in [-0.25, -0.2) is 13.2 Å². The van der Waals surface area contributed by atoms with Crippen molar-refractivity contribution in [2.24, 2.45) is 5.92 Å². The van der Waals surface area contributed by atoms with Crippen LogP contribution in [0.3, 0.4) is 0 Å². The fourth-order valence-corrected chi connectivity index (χ4v) is 4.52. The molecule has 0 aromatic heterocycles. The van der Waals surface area contributed by atoms with Gasteiger partial charge in [-0.1, -0.05) is 20.3 Å². The molecule has 0 radical (unpaired) electrons. The van der Waals surface area contributed by atoms with Crippen molar-refractivity contribution < 1.29 is 22.7 Å². The average Bonchev–Trinajstić information content (AvgIpc) is 2.71. The van der Waals surface area contributed by atoms with Crippen LogP contribution in [-0.2, 0) is 4.79 Å².